The van der Waals surface area contributed by atoms with Gasteiger partial charge < -0.3 is 9.84 Å². The van der Waals surface area contributed by atoms with Crippen molar-refractivity contribution in [3.8, 4) is 0 Å². The predicted molar refractivity (Wildman–Crippen MR) is 111 cm³/mol. The summed E-state index contributed by atoms with van der Waals surface area (Å²) in [5, 5.41) is 14.8. The van der Waals surface area contributed by atoms with Crippen molar-refractivity contribution >= 4 is 24.0 Å². The van der Waals surface area contributed by atoms with Crippen LogP contribution in [-0.4, -0.2) is 11.5 Å². The van der Waals surface area contributed by atoms with E-state index in [0.29, 0.717) is 11.0 Å². The summed E-state index contributed by atoms with van der Waals surface area (Å²) in [5.41, 5.74) is 1.43. The van der Waals surface area contributed by atoms with Crippen LogP contribution in [0, 0.1) is 10.1 Å². The van der Waals surface area contributed by atoms with Crippen molar-refractivity contribution in [3.63, 3.8) is 0 Å². The van der Waals surface area contributed by atoms with Crippen molar-refractivity contribution in [1.82, 2.24) is 0 Å². The Hall–Kier alpha value is -2.95. The van der Waals surface area contributed by atoms with E-state index < -0.39 is 18.1 Å². The van der Waals surface area contributed by atoms with Gasteiger partial charge in [0, 0.05) is 23.1 Å². The topological polar surface area (TPSA) is 81.5 Å². The summed E-state index contributed by atoms with van der Waals surface area (Å²) in [4.78, 5) is 10.5. The number of rotatable bonds is 8. The summed E-state index contributed by atoms with van der Waals surface area (Å²) < 4.78 is 20.0. The average Bonchev–Trinajstić information content (AvgIpc) is 2.73. The lowest BCUT2D eigenvalue weighted by Crippen LogP contribution is -2.20. The van der Waals surface area contributed by atoms with E-state index >= 15 is 0 Å². The zero-order chi connectivity index (χ0) is 20.0. The first kappa shape index (κ1) is 19.8. The van der Waals surface area contributed by atoms with E-state index in [1.54, 1.807) is 24.3 Å². The van der Waals surface area contributed by atoms with Gasteiger partial charge in [-0.25, -0.2) is 0 Å². The van der Waals surface area contributed by atoms with Crippen LogP contribution in [0.4, 0.5) is 11.4 Å². The fourth-order valence-electron chi connectivity index (χ4n) is 2.96. The molecular formula is C21H21N2O4P. The molecule has 0 saturated carbocycles. The van der Waals surface area contributed by atoms with Gasteiger partial charge in [-0.05, 0) is 36.8 Å². The summed E-state index contributed by atoms with van der Waals surface area (Å²) >= 11 is 0. The van der Waals surface area contributed by atoms with E-state index in [1.807, 2.05) is 55.5 Å². The van der Waals surface area contributed by atoms with Gasteiger partial charge in [0.15, 0.2) is 0 Å². The highest BCUT2D eigenvalue weighted by Crippen LogP contribution is 2.58. The number of hydrogen-bond donors (Lipinski definition) is 1. The highest BCUT2D eigenvalue weighted by molar-refractivity contribution is 7.67. The molecule has 3 rings (SSSR count). The molecule has 0 bridgehead atoms. The van der Waals surface area contributed by atoms with Crippen molar-refractivity contribution in [1.29, 1.82) is 0 Å². The van der Waals surface area contributed by atoms with Crippen LogP contribution in [-0.2, 0) is 9.09 Å². The first-order valence-corrected chi connectivity index (χ1v) is 10.6. The Morgan fingerprint density at radius 3 is 2.07 bits per heavy atom. The number of nitrogens with one attached hydrogen (secondary N) is 1. The Labute approximate surface area is 163 Å². The molecule has 2 atom stereocenters. The highest BCUT2D eigenvalue weighted by atomic mass is 31.2. The molecule has 0 fully saturated rings. The van der Waals surface area contributed by atoms with E-state index in [-0.39, 0.29) is 12.3 Å². The molecule has 0 aliphatic heterocycles. The van der Waals surface area contributed by atoms with Crippen LogP contribution in [0.5, 0.6) is 0 Å². The Morgan fingerprint density at radius 2 is 1.54 bits per heavy atom. The van der Waals surface area contributed by atoms with Crippen LogP contribution in [0.1, 0.15) is 18.3 Å². The van der Waals surface area contributed by atoms with Gasteiger partial charge in [-0.3, -0.25) is 14.7 Å². The number of hydrogen-bond acceptors (Lipinski definition) is 5. The third-order valence-corrected chi connectivity index (χ3v) is 7.04. The Kier molecular flexibility index (Phi) is 6.24. The molecule has 0 amide bonds. The third kappa shape index (κ3) is 4.30. The molecule has 0 aliphatic carbocycles. The normalized spacial score (nSPS) is 14.0. The lowest BCUT2D eigenvalue weighted by Gasteiger charge is -2.29. The third-order valence-electron chi connectivity index (χ3n) is 4.27. The molecule has 28 heavy (non-hydrogen) atoms. The zero-order valence-electron chi connectivity index (χ0n) is 15.4. The van der Waals surface area contributed by atoms with Crippen LogP contribution in [0.25, 0.3) is 0 Å². The van der Waals surface area contributed by atoms with Crippen LogP contribution in [0.3, 0.4) is 0 Å². The molecule has 3 aromatic rings. The molecule has 144 valence electrons. The van der Waals surface area contributed by atoms with E-state index in [1.165, 1.54) is 12.1 Å². The molecule has 0 aromatic heterocycles. The number of non-ortho nitro benzene ring substituents is 1. The van der Waals surface area contributed by atoms with Gasteiger partial charge in [0.1, 0.15) is 5.78 Å². The number of benzene rings is 3. The van der Waals surface area contributed by atoms with Crippen LogP contribution in [0.15, 0.2) is 84.9 Å². The first-order valence-electron chi connectivity index (χ1n) is 8.90. The fourth-order valence-corrected chi connectivity index (χ4v) is 5.41. The minimum atomic E-state index is -3.35. The van der Waals surface area contributed by atoms with Gasteiger partial charge in [0.25, 0.3) is 13.1 Å². The molecule has 0 aliphatic rings. The minimum Gasteiger partial charge on any atom is -0.370 e. The quantitative estimate of drug-likeness (QED) is 0.315. The maximum atomic E-state index is 14.1. The zero-order valence-corrected chi connectivity index (χ0v) is 16.3. The molecule has 0 spiro atoms. The molecule has 7 heteroatoms. The maximum absolute atomic E-state index is 14.1. The Bertz CT molecular complexity index is 963. The SMILES string of the molecule is CCOP(=O)(c1ccccc1)C(Nc1ccc([N+](=O)[O-])cc1)c1ccccc1. The van der Waals surface area contributed by atoms with Gasteiger partial charge in [-0.2, -0.15) is 0 Å². The molecule has 3 aromatic carbocycles. The highest BCUT2D eigenvalue weighted by Gasteiger charge is 2.37. The number of anilines is 1. The predicted octanol–water partition coefficient (Wildman–Crippen LogP) is 5.35. The van der Waals surface area contributed by atoms with Crippen LogP contribution < -0.4 is 10.6 Å². The second kappa shape index (κ2) is 8.83. The largest absolute Gasteiger partial charge is 0.370 e. The summed E-state index contributed by atoms with van der Waals surface area (Å²) in [6.45, 7) is 2.10. The fraction of sp³-hybridized carbons (Fsp3) is 0.143. The van der Waals surface area contributed by atoms with Crippen LogP contribution in [0.2, 0.25) is 0 Å². The standard InChI is InChI=1S/C21H21N2O4P/c1-2-27-28(26,20-11-7-4-8-12-20)21(17-9-5-3-6-10-17)22-18-13-15-19(16-14-18)23(24)25/h3-16,21-22H,2H2,1H3. The van der Waals surface area contributed by atoms with Crippen molar-refractivity contribution < 1.29 is 14.0 Å². The summed E-state index contributed by atoms with van der Waals surface area (Å²) in [6, 6.07) is 24.6. The van der Waals surface area contributed by atoms with Crippen molar-refractivity contribution in [2.45, 2.75) is 12.7 Å². The van der Waals surface area contributed by atoms with E-state index in [4.69, 9.17) is 4.52 Å². The number of nitro groups is 1. The molecular weight excluding hydrogens is 375 g/mol. The second-order valence-electron chi connectivity index (χ2n) is 6.11. The van der Waals surface area contributed by atoms with Crippen LogP contribution >= 0.6 is 7.37 Å². The lowest BCUT2D eigenvalue weighted by molar-refractivity contribution is -0.384. The molecule has 0 heterocycles. The van der Waals surface area contributed by atoms with E-state index in [2.05, 4.69) is 5.32 Å². The van der Waals surface area contributed by atoms with Gasteiger partial charge in [0.2, 0.25) is 0 Å². The smallest absolute Gasteiger partial charge is 0.269 e. The second-order valence-corrected chi connectivity index (χ2v) is 8.60. The van der Waals surface area contributed by atoms with E-state index in [0.717, 1.165) is 5.56 Å². The summed E-state index contributed by atoms with van der Waals surface area (Å²) in [5.74, 6) is -0.641. The van der Waals surface area contributed by atoms with E-state index in [9.17, 15) is 14.7 Å². The van der Waals surface area contributed by atoms with Crippen molar-refractivity contribution in [2.24, 2.45) is 0 Å². The lowest BCUT2D eigenvalue weighted by atomic mass is 10.2. The summed E-state index contributed by atoms with van der Waals surface area (Å²) in [6.07, 6.45) is 0. The van der Waals surface area contributed by atoms with Gasteiger partial charge in [-0.15, -0.1) is 0 Å². The average molecular weight is 396 g/mol. The monoisotopic (exact) mass is 396 g/mol. The van der Waals surface area contributed by atoms with Gasteiger partial charge >= 0.3 is 0 Å². The van der Waals surface area contributed by atoms with Crippen molar-refractivity contribution in [3.05, 3.63) is 101 Å². The Morgan fingerprint density at radius 1 is 0.964 bits per heavy atom. The van der Waals surface area contributed by atoms with Crippen molar-refractivity contribution in [2.75, 3.05) is 11.9 Å². The first-order chi connectivity index (χ1) is 13.5. The number of nitrogens with zero attached hydrogens (tertiary/aromatic N) is 1. The molecule has 6 nitrogen and oxygen atoms in total. The summed E-state index contributed by atoms with van der Waals surface area (Å²) in [7, 11) is -3.35. The molecule has 1 N–H and O–H groups in total. The van der Waals surface area contributed by atoms with Gasteiger partial charge in [0.05, 0.1) is 11.5 Å². The van der Waals surface area contributed by atoms with Gasteiger partial charge in [-0.1, -0.05) is 48.5 Å². The Balaban J connectivity index is 2.05. The molecule has 2 unspecified atom stereocenters. The maximum Gasteiger partial charge on any atom is 0.269 e. The molecule has 0 saturated heterocycles. The minimum absolute atomic E-state index is 0.00198. The molecule has 0 radical (unpaired) electrons. The number of nitro benzene ring substituents is 1.